The summed E-state index contributed by atoms with van der Waals surface area (Å²) in [7, 11) is 0. The molecule has 11 aromatic rings. The van der Waals surface area contributed by atoms with Crippen molar-refractivity contribution in [2.24, 2.45) is 0 Å². The van der Waals surface area contributed by atoms with Crippen LogP contribution in [0.5, 0.6) is 0 Å². The summed E-state index contributed by atoms with van der Waals surface area (Å²) in [6.07, 6.45) is 0. The molecule has 0 saturated carbocycles. The van der Waals surface area contributed by atoms with Crippen molar-refractivity contribution in [1.82, 2.24) is 0 Å². The molecule has 10 aromatic carbocycles. The van der Waals surface area contributed by atoms with Gasteiger partial charge in [0.1, 0.15) is 11.2 Å². The first kappa shape index (κ1) is 36.9. The van der Waals surface area contributed by atoms with E-state index in [0.717, 1.165) is 55.7 Å². The van der Waals surface area contributed by atoms with E-state index in [1.54, 1.807) is 0 Å². The molecular formula is C61H43NO. The minimum absolute atomic E-state index is 0.226. The number of hydrogen-bond acceptors (Lipinski definition) is 2. The molecule has 63 heavy (non-hydrogen) atoms. The van der Waals surface area contributed by atoms with Gasteiger partial charge in [-0.05, 0) is 133 Å². The van der Waals surface area contributed by atoms with Gasteiger partial charge in [0.15, 0.2) is 0 Å². The normalized spacial score (nSPS) is 12.7. The summed E-state index contributed by atoms with van der Waals surface area (Å²) in [5.74, 6) is 0. The third-order valence-electron chi connectivity index (χ3n) is 13.3. The van der Waals surface area contributed by atoms with Crippen LogP contribution in [0.15, 0.2) is 229 Å². The molecule has 1 heterocycles. The summed E-state index contributed by atoms with van der Waals surface area (Å²) < 4.78 is 6.22. The van der Waals surface area contributed by atoms with Crippen molar-refractivity contribution in [3.05, 3.63) is 236 Å². The predicted molar refractivity (Wildman–Crippen MR) is 265 cm³/mol. The fraction of sp³-hybridized carbons (Fsp3) is 0.0492. The molecule has 2 heteroatoms. The van der Waals surface area contributed by atoms with Crippen LogP contribution in [0.2, 0.25) is 0 Å². The summed E-state index contributed by atoms with van der Waals surface area (Å²) in [4.78, 5) is 2.45. The first-order chi connectivity index (χ1) is 31.0. The predicted octanol–water partition coefficient (Wildman–Crippen LogP) is 17.2. The second-order valence-corrected chi connectivity index (χ2v) is 17.3. The summed E-state index contributed by atoms with van der Waals surface area (Å²) >= 11 is 0. The Morgan fingerprint density at radius 1 is 0.333 bits per heavy atom. The van der Waals surface area contributed by atoms with E-state index in [4.69, 9.17) is 4.42 Å². The average molecular weight is 806 g/mol. The van der Waals surface area contributed by atoms with Gasteiger partial charge in [-0.25, -0.2) is 0 Å². The van der Waals surface area contributed by atoms with Crippen LogP contribution in [-0.4, -0.2) is 0 Å². The molecule has 298 valence electrons. The van der Waals surface area contributed by atoms with Gasteiger partial charge in [0.2, 0.25) is 0 Å². The summed E-state index contributed by atoms with van der Waals surface area (Å²) in [6, 6.07) is 81.8. The second kappa shape index (κ2) is 14.6. The van der Waals surface area contributed by atoms with Crippen LogP contribution in [0.3, 0.4) is 0 Å². The maximum absolute atomic E-state index is 6.22. The second-order valence-electron chi connectivity index (χ2n) is 17.3. The van der Waals surface area contributed by atoms with Crippen LogP contribution >= 0.6 is 0 Å². The molecule has 0 unspecified atom stereocenters. The number of rotatable bonds is 7. The molecule has 0 N–H and O–H groups in total. The molecule has 0 fully saturated rings. The number of hydrogen-bond donors (Lipinski definition) is 0. The van der Waals surface area contributed by atoms with Gasteiger partial charge in [-0.3, -0.25) is 0 Å². The minimum atomic E-state index is -0.226. The minimum Gasteiger partial charge on any atom is -0.456 e. The van der Waals surface area contributed by atoms with Crippen LogP contribution in [0.25, 0.3) is 88.3 Å². The number of nitrogens with zero attached hydrogens (tertiary/aromatic N) is 1. The van der Waals surface area contributed by atoms with Crippen LogP contribution in [0, 0.1) is 0 Å². The lowest BCUT2D eigenvalue weighted by molar-refractivity contribution is 0.660. The van der Waals surface area contributed by atoms with Crippen molar-refractivity contribution in [2.75, 3.05) is 4.90 Å². The molecule has 0 saturated heterocycles. The molecule has 0 spiro atoms. The van der Waals surface area contributed by atoms with E-state index in [2.05, 4.69) is 231 Å². The van der Waals surface area contributed by atoms with Crippen LogP contribution in [0.1, 0.15) is 25.0 Å². The van der Waals surface area contributed by atoms with Crippen molar-refractivity contribution >= 4 is 49.8 Å². The average Bonchev–Trinajstić information content (AvgIpc) is 3.82. The Bertz CT molecular complexity index is 3540. The van der Waals surface area contributed by atoms with Crippen molar-refractivity contribution in [3.63, 3.8) is 0 Å². The summed E-state index contributed by atoms with van der Waals surface area (Å²) in [5.41, 5.74) is 19.7. The van der Waals surface area contributed by atoms with E-state index in [9.17, 15) is 0 Å². The van der Waals surface area contributed by atoms with E-state index in [1.807, 2.05) is 12.1 Å². The van der Waals surface area contributed by atoms with Gasteiger partial charge in [-0.15, -0.1) is 0 Å². The highest BCUT2D eigenvalue weighted by Crippen LogP contribution is 2.52. The molecule has 0 bridgehead atoms. The molecule has 2 nitrogen and oxygen atoms in total. The van der Waals surface area contributed by atoms with Gasteiger partial charge in [0, 0.05) is 33.1 Å². The Hall–Kier alpha value is -7.94. The smallest absolute Gasteiger partial charge is 0.135 e. The standard InChI is InChI=1S/C61H43NO/c1-61(2)56-38-48(46-28-25-41-15-6-7-16-44(41)35-46)29-32-52(56)53-33-31-50(39-57(53)61)62(58-21-10-8-19-51(58)43-26-23-42(24-27-43)40-13-4-3-5-14-40)49-18-12-17-45(36-49)47-30-34-60-55(37-47)54-20-9-11-22-59(54)63-60/h3-39H,1-2H3. The fourth-order valence-corrected chi connectivity index (χ4v) is 9.96. The highest BCUT2D eigenvalue weighted by molar-refractivity contribution is 6.06. The maximum atomic E-state index is 6.22. The Kier molecular flexibility index (Phi) is 8.55. The van der Waals surface area contributed by atoms with Gasteiger partial charge in [-0.1, -0.05) is 178 Å². The Labute approximate surface area is 368 Å². The molecule has 0 radical (unpaired) electrons. The van der Waals surface area contributed by atoms with E-state index in [0.29, 0.717) is 0 Å². The van der Waals surface area contributed by atoms with E-state index in [1.165, 1.54) is 60.8 Å². The molecule has 12 rings (SSSR count). The third-order valence-corrected chi connectivity index (χ3v) is 13.3. The number of anilines is 3. The summed E-state index contributed by atoms with van der Waals surface area (Å²) in [5, 5.41) is 4.77. The monoisotopic (exact) mass is 805 g/mol. The molecule has 1 aliphatic carbocycles. The summed E-state index contributed by atoms with van der Waals surface area (Å²) in [6.45, 7) is 4.77. The molecular weight excluding hydrogens is 763 g/mol. The van der Waals surface area contributed by atoms with Crippen LogP contribution < -0.4 is 4.90 Å². The number of para-hydroxylation sites is 2. The quantitative estimate of drug-likeness (QED) is 0.160. The molecule has 0 aliphatic heterocycles. The van der Waals surface area contributed by atoms with E-state index >= 15 is 0 Å². The zero-order valence-electron chi connectivity index (χ0n) is 35.2. The third kappa shape index (κ3) is 6.25. The van der Waals surface area contributed by atoms with Gasteiger partial charge < -0.3 is 9.32 Å². The molecule has 1 aliphatic rings. The number of benzene rings is 10. The van der Waals surface area contributed by atoms with Crippen molar-refractivity contribution in [2.45, 2.75) is 19.3 Å². The fourth-order valence-electron chi connectivity index (χ4n) is 9.96. The van der Waals surface area contributed by atoms with E-state index in [-0.39, 0.29) is 5.41 Å². The zero-order chi connectivity index (χ0) is 42.1. The Balaban J connectivity index is 0.992. The van der Waals surface area contributed by atoms with Crippen LogP contribution in [-0.2, 0) is 5.41 Å². The number of fused-ring (bicyclic) bond motifs is 7. The Morgan fingerprint density at radius 2 is 0.905 bits per heavy atom. The maximum Gasteiger partial charge on any atom is 0.135 e. The van der Waals surface area contributed by atoms with Gasteiger partial charge >= 0.3 is 0 Å². The largest absolute Gasteiger partial charge is 0.456 e. The lowest BCUT2D eigenvalue weighted by Gasteiger charge is -2.30. The molecule has 0 atom stereocenters. The van der Waals surface area contributed by atoms with Gasteiger partial charge in [0.05, 0.1) is 5.69 Å². The van der Waals surface area contributed by atoms with Gasteiger partial charge in [0.25, 0.3) is 0 Å². The zero-order valence-corrected chi connectivity index (χ0v) is 35.2. The molecule has 1 aromatic heterocycles. The van der Waals surface area contributed by atoms with Crippen molar-refractivity contribution in [3.8, 4) is 55.6 Å². The first-order valence-electron chi connectivity index (χ1n) is 21.8. The number of furan rings is 1. The first-order valence-corrected chi connectivity index (χ1v) is 21.8. The van der Waals surface area contributed by atoms with E-state index < -0.39 is 0 Å². The topological polar surface area (TPSA) is 16.4 Å². The Morgan fingerprint density at radius 3 is 1.78 bits per heavy atom. The van der Waals surface area contributed by atoms with Gasteiger partial charge in [-0.2, -0.15) is 0 Å². The van der Waals surface area contributed by atoms with Crippen molar-refractivity contribution < 1.29 is 4.42 Å². The lowest BCUT2D eigenvalue weighted by Crippen LogP contribution is -2.17. The molecule has 0 amide bonds. The SMILES string of the molecule is CC1(C)c2cc(-c3ccc4ccccc4c3)ccc2-c2ccc(N(c3cccc(-c4ccc5oc6ccccc6c5c4)c3)c3ccccc3-c3ccc(-c4ccccc4)cc3)cc21. The van der Waals surface area contributed by atoms with Crippen LogP contribution in [0.4, 0.5) is 17.1 Å². The lowest BCUT2D eigenvalue weighted by atomic mass is 9.81. The highest BCUT2D eigenvalue weighted by Gasteiger charge is 2.36. The highest BCUT2D eigenvalue weighted by atomic mass is 16.3. The van der Waals surface area contributed by atoms with Crippen molar-refractivity contribution in [1.29, 1.82) is 0 Å².